The standard InChI is InChI=1S/C19H20N2O2/c1-21(13-15-12-20-18-9-4-3-8-17(15)18)19(22)11-14-6-5-7-16(10-14)23-2/h3-10,12,20H,11,13H2,1-2H3. The lowest BCUT2D eigenvalue weighted by Gasteiger charge is -2.17. The van der Waals surface area contributed by atoms with Gasteiger partial charge >= 0.3 is 0 Å². The second-order valence-electron chi connectivity index (χ2n) is 5.64. The highest BCUT2D eigenvalue weighted by Crippen LogP contribution is 2.19. The largest absolute Gasteiger partial charge is 0.497 e. The van der Waals surface area contributed by atoms with Gasteiger partial charge in [-0.2, -0.15) is 0 Å². The Morgan fingerprint density at radius 2 is 2.00 bits per heavy atom. The van der Waals surface area contributed by atoms with Crippen molar-refractivity contribution in [3.8, 4) is 5.75 Å². The molecule has 0 saturated heterocycles. The van der Waals surface area contributed by atoms with Gasteiger partial charge in [0.1, 0.15) is 5.75 Å². The number of amides is 1. The molecule has 4 nitrogen and oxygen atoms in total. The van der Waals surface area contributed by atoms with Gasteiger partial charge in [0.05, 0.1) is 13.5 Å². The Morgan fingerprint density at radius 1 is 1.17 bits per heavy atom. The van der Waals surface area contributed by atoms with Crippen molar-refractivity contribution in [2.45, 2.75) is 13.0 Å². The van der Waals surface area contributed by atoms with Crippen LogP contribution in [0.3, 0.4) is 0 Å². The molecule has 0 unspecified atom stereocenters. The van der Waals surface area contributed by atoms with E-state index in [4.69, 9.17) is 4.74 Å². The third kappa shape index (κ3) is 3.37. The lowest BCUT2D eigenvalue weighted by Crippen LogP contribution is -2.27. The maximum absolute atomic E-state index is 12.4. The Hall–Kier alpha value is -2.75. The van der Waals surface area contributed by atoms with Crippen molar-refractivity contribution in [2.75, 3.05) is 14.2 Å². The smallest absolute Gasteiger partial charge is 0.227 e. The van der Waals surface area contributed by atoms with E-state index < -0.39 is 0 Å². The van der Waals surface area contributed by atoms with Crippen molar-refractivity contribution in [3.05, 3.63) is 65.9 Å². The summed E-state index contributed by atoms with van der Waals surface area (Å²) in [6.45, 7) is 0.590. The lowest BCUT2D eigenvalue weighted by molar-refractivity contribution is -0.129. The van der Waals surface area contributed by atoms with E-state index in [0.29, 0.717) is 13.0 Å². The first-order valence-electron chi connectivity index (χ1n) is 7.59. The number of ether oxygens (including phenoxy) is 1. The lowest BCUT2D eigenvalue weighted by atomic mass is 10.1. The zero-order valence-electron chi connectivity index (χ0n) is 13.4. The number of carbonyl (C=O) groups is 1. The summed E-state index contributed by atoms with van der Waals surface area (Å²) in [7, 11) is 3.47. The quantitative estimate of drug-likeness (QED) is 0.785. The first kappa shape index (κ1) is 15.2. The third-order valence-electron chi connectivity index (χ3n) is 4.00. The number of aromatic nitrogens is 1. The molecule has 0 aliphatic carbocycles. The van der Waals surface area contributed by atoms with Crippen LogP contribution in [-0.2, 0) is 17.8 Å². The molecule has 0 radical (unpaired) electrons. The molecule has 1 aromatic heterocycles. The Kier molecular flexibility index (Phi) is 4.33. The third-order valence-corrected chi connectivity index (χ3v) is 4.00. The van der Waals surface area contributed by atoms with Crippen LogP contribution in [0.1, 0.15) is 11.1 Å². The summed E-state index contributed by atoms with van der Waals surface area (Å²) in [6.07, 6.45) is 2.34. The molecule has 0 aliphatic rings. The minimum absolute atomic E-state index is 0.0866. The summed E-state index contributed by atoms with van der Waals surface area (Å²) in [5.41, 5.74) is 3.18. The monoisotopic (exact) mass is 308 g/mol. The Labute approximate surface area is 135 Å². The van der Waals surface area contributed by atoms with E-state index in [9.17, 15) is 4.79 Å². The Morgan fingerprint density at radius 3 is 2.83 bits per heavy atom. The molecule has 0 saturated carbocycles. The normalized spacial score (nSPS) is 10.7. The first-order valence-corrected chi connectivity index (χ1v) is 7.59. The number of aromatic amines is 1. The number of para-hydroxylation sites is 1. The van der Waals surface area contributed by atoms with Crippen molar-refractivity contribution in [3.63, 3.8) is 0 Å². The number of H-pyrrole nitrogens is 1. The van der Waals surface area contributed by atoms with Gasteiger partial charge in [0.2, 0.25) is 5.91 Å². The van der Waals surface area contributed by atoms with E-state index >= 15 is 0 Å². The Balaban J connectivity index is 1.70. The van der Waals surface area contributed by atoms with Crippen LogP contribution in [0.25, 0.3) is 10.9 Å². The predicted octanol–water partition coefficient (Wildman–Crippen LogP) is 3.38. The summed E-state index contributed by atoms with van der Waals surface area (Å²) in [5, 5.41) is 1.16. The van der Waals surface area contributed by atoms with E-state index in [1.165, 1.54) is 0 Å². The zero-order chi connectivity index (χ0) is 16.2. The number of nitrogens with one attached hydrogen (secondary N) is 1. The molecule has 0 spiro atoms. The number of likely N-dealkylation sites (N-methyl/N-ethyl adjacent to an activating group) is 1. The van der Waals surface area contributed by atoms with Gasteiger partial charge in [-0.15, -0.1) is 0 Å². The highest BCUT2D eigenvalue weighted by molar-refractivity contribution is 5.84. The average Bonchev–Trinajstić information content (AvgIpc) is 2.98. The van der Waals surface area contributed by atoms with Crippen LogP contribution in [0, 0.1) is 0 Å². The van der Waals surface area contributed by atoms with Gasteiger partial charge in [-0.3, -0.25) is 4.79 Å². The van der Waals surface area contributed by atoms with E-state index in [1.807, 2.05) is 55.7 Å². The number of hydrogen-bond acceptors (Lipinski definition) is 2. The molecule has 3 rings (SSSR count). The SMILES string of the molecule is COc1cccc(CC(=O)N(C)Cc2c[nH]c3ccccc23)c1. The van der Waals surface area contributed by atoms with Gasteiger partial charge in [0, 0.05) is 30.7 Å². The molecule has 0 atom stereocenters. The van der Waals surface area contributed by atoms with E-state index in [2.05, 4.69) is 11.1 Å². The highest BCUT2D eigenvalue weighted by Gasteiger charge is 2.13. The molecular weight excluding hydrogens is 288 g/mol. The van der Waals surface area contributed by atoms with Crippen molar-refractivity contribution < 1.29 is 9.53 Å². The van der Waals surface area contributed by atoms with E-state index in [1.54, 1.807) is 12.0 Å². The molecule has 1 amide bonds. The first-order chi connectivity index (χ1) is 11.2. The van der Waals surface area contributed by atoms with Crippen molar-refractivity contribution in [1.82, 2.24) is 9.88 Å². The molecular formula is C19H20N2O2. The summed E-state index contributed by atoms with van der Waals surface area (Å²) in [4.78, 5) is 17.5. The van der Waals surface area contributed by atoms with E-state index in [-0.39, 0.29) is 5.91 Å². The molecule has 1 heterocycles. The topological polar surface area (TPSA) is 45.3 Å². The number of rotatable bonds is 5. The predicted molar refractivity (Wildman–Crippen MR) is 91.5 cm³/mol. The summed E-state index contributed by atoms with van der Waals surface area (Å²) < 4.78 is 5.20. The number of benzene rings is 2. The Bertz CT molecular complexity index is 823. The fourth-order valence-electron chi connectivity index (χ4n) is 2.70. The van der Waals surface area contributed by atoms with Gasteiger partial charge in [-0.25, -0.2) is 0 Å². The van der Waals surface area contributed by atoms with Crippen LogP contribution in [0.15, 0.2) is 54.7 Å². The van der Waals surface area contributed by atoms with Gasteiger partial charge < -0.3 is 14.6 Å². The van der Waals surface area contributed by atoms with Crippen molar-refractivity contribution in [2.24, 2.45) is 0 Å². The van der Waals surface area contributed by atoms with E-state index in [0.717, 1.165) is 27.8 Å². The second kappa shape index (κ2) is 6.57. The molecule has 0 fully saturated rings. The number of carbonyl (C=O) groups excluding carboxylic acids is 1. The molecule has 4 heteroatoms. The fraction of sp³-hybridized carbons (Fsp3) is 0.211. The highest BCUT2D eigenvalue weighted by atomic mass is 16.5. The molecule has 1 N–H and O–H groups in total. The molecule has 0 bridgehead atoms. The van der Waals surface area contributed by atoms with Crippen LogP contribution < -0.4 is 4.74 Å². The number of methoxy groups -OCH3 is 1. The maximum Gasteiger partial charge on any atom is 0.227 e. The van der Waals surface area contributed by atoms with Crippen LogP contribution in [0.2, 0.25) is 0 Å². The molecule has 118 valence electrons. The van der Waals surface area contributed by atoms with Crippen LogP contribution in [0.5, 0.6) is 5.75 Å². The fourth-order valence-corrected chi connectivity index (χ4v) is 2.70. The maximum atomic E-state index is 12.4. The summed E-state index contributed by atoms with van der Waals surface area (Å²) >= 11 is 0. The zero-order valence-corrected chi connectivity index (χ0v) is 13.4. The van der Waals surface area contributed by atoms with Gasteiger partial charge in [0.25, 0.3) is 0 Å². The minimum atomic E-state index is 0.0866. The van der Waals surface area contributed by atoms with Gasteiger partial charge in [0.15, 0.2) is 0 Å². The summed E-state index contributed by atoms with van der Waals surface area (Å²) in [6, 6.07) is 15.7. The molecule has 0 aliphatic heterocycles. The molecule has 3 aromatic rings. The molecule has 2 aromatic carbocycles. The van der Waals surface area contributed by atoms with Gasteiger partial charge in [-0.05, 0) is 29.3 Å². The average molecular weight is 308 g/mol. The van der Waals surface area contributed by atoms with Crippen LogP contribution in [-0.4, -0.2) is 29.9 Å². The van der Waals surface area contributed by atoms with Gasteiger partial charge in [-0.1, -0.05) is 30.3 Å². The van der Waals surface area contributed by atoms with Crippen molar-refractivity contribution >= 4 is 16.8 Å². The summed E-state index contributed by atoms with van der Waals surface area (Å²) in [5.74, 6) is 0.859. The number of hydrogen-bond donors (Lipinski definition) is 1. The minimum Gasteiger partial charge on any atom is -0.497 e. The van der Waals surface area contributed by atoms with Crippen LogP contribution in [0.4, 0.5) is 0 Å². The number of nitrogens with zero attached hydrogens (tertiary/aromatic N) is 1. The number of fused-ring (bicyclic) bond motifs is 1. The van der Waals surface area contributed by atoms with Crippen molar-refractivity contribution in [1.29, 1.82) is 0 Å². The van der Waals surface area contributed by atoms with Crippen LogP contribution >= 0.6 is 0 Å². The molecule has 23 heavy (non-hydrogen) atoms. The second-order valence-corrected chi connectivity index (χ2v) is 5.64.